The molecule has 19 heavy (non-hydrogen) atoms. The summed E-state index contributed by atoms with van der Waals surface area (Å²) in [6, 6.07) is 0. The summed E-state index contributed by atoms with van der Waals surface area (Å²) in [5.41, 5.74) is 0.686. The van der Waals surface area contributed by atoms with E-state index in [1.54, 1.807) is 17.1 Å². The molecule has 1 unspecified atom stereocenters. The summed E-state index contributed by atoms with van der Waals surface area (Å²) in [5, 5.41) is 9.78. The van der Waals surface area contributed by atoms with Crippen LogP contribution in [-0.4, -0.2) is 41.5 Å². The average Bonchev–Trinajstić information content (AvgIpc) is 3.02. The molecule has 0 radical (unpaired) electrons. The summed E-state index contributed by atoms with van der Waals surface area (Å²) < 4.78 is 7.33. The van der Waals surface area contributed by atoms with Crippen molar-refractivity contribution in [1.29, 1.82) is 0 Å². The Labute approximate surface area is 112 Å². The monoisotopic (exact) mass is 262 g/mol. The molecule has 0 aromatic carbocycles. The van der Waals surface area contributed by atoms with E-state index in [2.05, 4.69) is 21.7 Å². The van der Waals surface area contributed by atoms with Crippen molar-refractivity contribution < 1.29 is 9.53 Å². The van der Waals surface area contributed by atoms with Crippen LogP contribution in [0.25, 0.3) is 0 Å². The van der Waals surface area contributed by atoms with Gasteiger partial charge < -0.3 is 10.1 Å². The molecule has 2 heterocycles. The molecule has 102 valence electrons. The highest BCUT2D eigenvalue weighted by molar-refractivity contribution is 5.91. The Morgan fingerprint density at radius 1 is 1.68 bits per heavy atom. The molecule has 1 atom stereocenters. The van der Waals surface area contributed by atoms with Gasteiger partial charge in [-0.15, -0.1) is 6.42 Å². The fourth-order valence-corrected chi connectivity index (χ4v) is 1.98. The van der Waals surface area contributed by atoms with Gasteiger partial charge in [-0.2, -0.15) is 5.10 Å². The van der Waals surface area contributed by atoms with Gasteiger partial charge in [-0.3, -0.25) is 14.8 Å². The Kier molecular flexibility index (Phi) is 4.95. The predicted molar refractivity (Wildman–Crippen MR) is 71.5 cm³/mol. The molecule has 1 aromatic rings. The number of anilines is 1. The number of hydrogen-bond donors (Lipinski definition) is 2. The van der Waals surface area contributed by atoms with Crippen molar-refractivity contribution in [3.8, 4) is 12.3 Å². The fourth-order valence-electron chi connectivity index (χ4n) is 1.98. The smallest absolute Gasteiger partial charge is 0.238 e. The summed E-state index contributed by atoms with van der Waals surface area (Å²) >= 11 is 0. The molecule has 1 amide bonds. The van der Waals surface area contributed by atoms with Crippen LogP contribution in [0, 0.1) is 12.3 Å². The Balaban J connectivity index is 1.76. The van der Waals surface area contributed by atoms with Gasteiger partial charge in [-0.05, 0) is 12.8 Å². The minimum Gasteiger partial charge on any atom is -0.376 e. The van der Waals surface area contributed by atoms with Crippen LogP contribution in [0.1, 0.15) is 12.8 Å². The lowest BCUT2D eigenvalue weighted by atomic mass is 10.2. The molecule has 1 aliphatic heterocycles. The van der Waals surface area contributed by atoms with E-state index in [-0.39, 0.29) is 18.6 Å². The van der Waals surface area contributed by atoms with Crippen molar-refractivity contribution in [1.82, 2.24) is 15.1 Å². The second kappa shape index (κ2) is 6.92. The SMILES string of the molecule is C#CCNCC(=O)Nc1cnn(CC2CCCO2)c1. The van der Waals surface area contributed by atoms with Crippen molar-refractivity contribution in [2.75, 3.05) is 25.0 Å². The van der Waals surface area contributed by atoms with Crippen molar-refractivity contribution in [3.63, 3.8) is 0 Å². The summed E-state index contributed by atoms with van der Waals surface area (Å²) in [5.74, 6) is 2.28. The van der Waals surface area contributed by atoms with E-state index < -0.39 is 0 Å². The van der Waals surface area contributed by atoms with Gasteiger partial charge in [0.05, 0.1) is 37.6 Å². The van der Waals surface area contributed by atoms with Crippen LogP contribution in [0.3, 0.4) is 0 Å². The van der Waals surface area contributed by atoms with Crippen LogP contribution in [0.15, 0.2) is 12.4 Å². The molecular weight excluding hydrogens is 244 g/mol. The summed E-state index contributed by atoms with van der Waals surface area (Å²) in [7, 11) is 0. The molecule has 1 aliphatic rings. The van der Waals surface area contributed by atoms with E-state index in [1.807, 2.05) is 0 Å². The third-order valence-electron chi connectivity index (χ3n) is 2.84. The van der Waals surface area contributed by atoms with Crippen molar-refractivity contribution in [2.24, 2.45) is 0 Å². The zero-order chi connectivity index (χ0) is 13.5. The Hall–Kier alpha value is -1.84. The lowest BCUT2D eigenvalue weighted by Crippen LogP contribution is -2.28. The first-order valence-electron chi connectivity index (χ1n) is 6.36. The highest BCUT2D eigenvalue weighted by Crippen LogP contribution is 2.14. The number of carbonyl (C=O) groups is 1. The molecule has 1 saturated heterocycles. The predicted octanol–water partition coefficient (Wildman–Crippen LogP) is 0.223. The maximum Gasteiger partial charge on any atom is 0.238 e. The number of aromatic nitrogens is 2. The van der Waals surface area contributed by atoms with E-state index in [0.29, 0.717) is 12.2 Å². The lowest BCUT2D eigenvalue weighted by molar-refractivity contribution is -0.115. The number of nitrogens with one attached hydrogen (secondary N) is 2. The number of ether oxygens (including phenoxy) is 1. The number of rotatable bonds is 6. The zero-order valence-electron chi connectivity index (χ0n) is 10.8. The molecule has 1 fully saturated rings. The number of nitrogens with zero attached hydrogens (tertiary/aromatic N) is 2. The highest BCUT2D eigenvalue weighted by atomic mass is 16.5. The van der Waals surface area contributed by atoms with E-state index in [1.165, 1.54) is 0 Å². The topological polar surface area (TPSA) is 68.2 Å². The summed E-state index contributed by atoms with van der Waals surface area (Å²) in [4.78, 5) is 11.5. The van der Waals surface area contributed by atoms with Crippen molar-refractivity contribution in [3.05, 3.63) is 12.4 Å². The first kappa shape index (κ1) is 13.6. The molecule has 0 saturated carbocycles. The van der Waals surface area contributed by atoms with E-state index >= 15 is 0 Å². The molecule has 2 rings (SSSR count). The van der Waals surface area contributed by atoms with E-state index in [0.717, 1.165) is 26.0 Å². The van der Waals surface area contributed by atoms with Crippen LogP contribution < -0.4 is 10.6 Å². The first-order chi connectivity index (χ1) is 9.28. The van der Waals surface area contributed by atoms with Gasteiger partial charge in [-0.1, -0.05) is 5.92 Å². The van der Waals surface area contributed by atoms with Gasteiger partial charge in [0, 0.05) is 12.8 Å². The molecule has 2 N–H and O–H groups in total. The van der Waals surface area contributed by atoms with Gasteiger partial charge in [0.25, 0.3) is 0 Å². The molecule has 0 aliphatic carbocycles. The minimum absolute atomic E-state index is 0.132. The Bertz CT molecular complexity index is 457. The number of terminal acetylenes is 1. The summed E-state index contributed by atoms with van der Waals surface area (Å²) in [6.07, 6.45) is 10.9. The van der Waals surface area contributed by atoms with Gasteiger partial charge in [-0.25, -0.2) is 0 Å². The van der Waals surface area contributed by atoms with Gasteiger partial charge >= 0.3 is 0 Å². The average molecular weight is 262 g/mol. The fraction of sp³-hybridized carbons (Fsp3) is 0.538. The Morgan fingerprint density at radius 3 is 3.32 bits per heavy atom. The largest absolute Gasteiger partial charge is 0.376 e. The van der Waals surface area contributed by atoms with Crippen molar-refractivity contribution >= 4 is 11.6 Å². The van der Waals surface area contributed by atoms with Crippen LogP contribution in [-0.2, 0) is 16.1 Å². The Morgan fingerprint density at radius 2 is 2.58 bits per heavy atom. The van der Waals surface area contributed by atoms with Crippen LogP contribution in [0.2, 0.25) is 0 Å². The van der Waals surface area contributed by atoms with E-state index in [9.17, 15) is 4.79 Å². The maximum atomic E-state index is 11.5. The van der Waals surface area contributed by atoms with E-state index in [4.69, 9.17) is 11.2 Å². The standard InChI is InChI=1S/C13H18N4O2/c1-2-5-14-8-13(18)16-11-7-15-17(9-11)10-12-4-3-6-19-12/h1,7,9,12,14H,3-6,8,10H2,(H,16,18). The van der Waals surface area contributed by atoms with Crippen molar-refractivity contribution in [2.45, 2.75) is 25.5 Å². The third kappa shape index (κ3) is 4.39. The maximum absolute atomic E-state index is 11.5. The first-order valence-corrected chi connectivity index (χ1v) is 6.36. The second-order valence-electron chi connectivity index (χ2n) is 4.44. The number of hydrogen-bond acceptors (Lipinski definition) is 4. The molecular formula is C13H18N4O2. The minimum atomic E-state index is -0.132. The normalized spacial score (nSPS) is 18.2. The quantitative estimate of drug-likeness (QED) is 0.568. The van der Waals surface area contributed by atoms with Gasteiger partial charge in [0.2, 0.25) is 5.91 Å². The zero-order valence-corrected chi connectivity index (χ0v) is 10.8. The van der Waals surface area contributed by atoms with Crippen LogP contribution >= 0.6 is 0 Å². The second-order valence-corrected chi connectivity index (χ2v) is 4.44. The number of carbonyl (C=O) groups excluding carboxylic acids is 1. The highest BCUT2D eigenvalue weighted by Gasteiger charge is 2.16. The molecule has 0 bridgehead atoms. The summed E-state index contributed by atoms with van der Waals surface area (Å²) in [6.45, 7) is 2.13. The van der Waals surface area contributed by atoms with Crippen LogP contribution in [0.5, 0.6) is 0 Å². The number of amides is 1. The molecule has 0 spiro atoms. The molecule has 6 heteroatoms. The molecule has 1 aromatic heterocycles. The van der Waals surface area contributed by atoms with Gasteiger partial charge in [0.15, 0.2) is 0 Å². The van der Waals surface area contributed by atoms with Gasteiger partial charge in [0.1, 0.15) is 0 Å². The molecule has 6 nitrogen and oxygen atoms in total. The van der Waals surface area contributed by atoms with Crippen LogP contribution in [0.4, 0.5) is 5.69 Å². The lowest BCUT2D eigenvalue weighted by Gasteiger charge is -2.08. The third-order valence-corrected chi connectivity index (χ3v) is 2.84.